The van der Waals surface area contributed by atoms with E-state index in [0.717, 1.165) is 0 Å². The van der Waals surface area contributed by atoms with Crippen LogP contribution in [0.15, 0.2) is 29.2 Å². The highest BCUT2D eigenvalue weighted by Crippen LogP contribution is 2.25. The lowest BCUT2D eigenvalue weighted by molar-refractivity contribution is 0.689. The summed E-state index contributed by atoms with van der Waals surface area (Å²) in [6.45, 7) is 4.46. The van der Waals surface area contributed by atoms with Crippen LogP contribution in [0.4, 0.5) is 5.69 Å². The standard InChI is InChI=1S/C12H19NS/c1-4-7-10(2)13-11-8-5-6-9-12(11)14-3/h5-6,8-10,13H,4,7H2,1-3H3. The summed E-state index contributed by atoms with van der Waals surface area (Å²) in [5, 5.41) is 3.54. The summed E-state index contributed by atoms with van der Waals surface area (Å²) in [4.78, 5) is 1.33. The summed E-state index contributed by atoms with van der Waals surface area (Å²) in [6, 6.07) is 9.04. The van der Waals surface area contributed by atoms with Crippen molar-refractivity contribution in [1.82, 2.24) is 0 Å². The zero-order valence-electron chi connectivity index (χ0n) is 9.21. The van der Waals surface area contributed by atoms with Crippen molar-refractivity contribution in [3.63, 3.8) is 0 Å². The second-order valence-corrected chi connectivity index (χ2v) is 4.38. The van der Waals surface area contributed by atoms with Crippen LogP contribution in [0.25, 0.3) is 0 Å². The fourth-order valence-corrected chi connectivity index (χ4v) is 2.10. The topological polar surface area (TPSA) is 12.0 Å². The summed E-state index contributed by atoms with van der Waals surface area (Å²) < 4.78 is 0. The lowest BCUT2D eigenvalue weighted by Gasteiger charge is -2.16. The van der Waals surface area contributed by atoms with Gasteiger partial charge in [-0.1, -0.05) is 25.5 Å². The van der Waals surface area contributed by atoms with Gasteiger partial charge in [-0.3, -0.25) is 0 Å². The van der Waals surface area contributed by atoms with Gasteiger partial charge in [0.05, 0.1) is 0 Å². The normalized spacial score (nSPS) is 12.5. The van der Waals surface area contributed by atoms with Gasteiger partial charge in [-0.25, -0.2) is 0 Å². The average Bonchev–Trinajstić information content (AvgIpc) is 2.19. The third-order valence-corrected chi connectivity index (χ3v) is 3.03. The van der Waals surface area contributed by atoms with Crippen LogP contribution in [0.2, 0.25) is 0 Å². The summed E-state index contributed by atoms with van der Waals surface area (Å²) >= 11 is 1.79. The molecule has 1 rings (SSSR count). The fraction of sp³-hybridized carbons (Fsp3) is 0.500. The van der Waals surface area contributed by atoms with Crippen LogP contribution in [0.5, 0.6) is 0 Å². The zero-order valence-corrected chi connectivity index (χ0v) is 10.0. The Kier molecular flexibility index (Phi) is 4.88. The maximum absolute atomic E-state index is 3.54. The summed E-state index contributed by atoms with van der Waals surface area (Å²) in [7, 11) is 0. The van der Waals surface area contributed by atoms with Crippen LogP contribution < -0.4 is 5.32 Å². The Morgan fingerprint density at radius 3 is 2.71 bits per heavy atom. The van der Waals surface area contributed by atoms with Gasteiger partial charge in [0.2, 0.25) is 0 Å². The fourth-order valence-electron chi connectivity index (χ4n) is 1.53. The Bertz CT molecular complexity index is 273. The molecule has 2 heteroatoms. The van der Waals surface area contributed by atoms with E-state index >= 15 is 0 Å². The van der Waals surface area contributed by atoms with Crippen molar-refractivity contribution >= 4 is 17.4 Å². The molecule has 1 unspecified atom stereocenters. The van der Waals surface area contributed by atoms with Crippen molar-refractivity contribution in [2.45, 2.75) is 37.6 Å². The minimum atomic E-state index is 0.563. The Labute approximate surface area is 91.3 Å². The van der Waals surface area contributed by atoms with Gasteiger partial charge in [-0.05, 0) is 31.7 Å². The molecule has 0 aromatic heterocycles. The molecule has 0 saturated heterocycles. The SMILES string of the molecule is CCCC(C)Nc1ccccc1SC. The highest BCUT2D eigenvalue weighted by Gasteiger charge is 2.03. The van der Waals surface area contributed by atoms with E-state index in [4.69, 9.17) is 0 Å². The quantitative estimate of drug-likeness (QED) is 0.735. The average molecular weight is 209 g/mol. The van der Waals surface area contributed by atoms with Gasteiger partial charge in [0.15, 0.2) is 0 Å². The molecule has 0 saturated carbocycles. The maximum atomic E-state index is 3.54. The molecule has 0 spiro atoms. The molecule has 0 heterocycles. The van der Waals surface area contributed by atoms with E-state index in [1.54, 1.807) is 11.8 Å². The lowest BCUT2D eigenvalue weighted by atomic mass is 10.2. The number of benzene rings is 1. The van der Waals surface area contributed by atoms with Crippen LogP contribution >= 0.6 is 11.8 Å². The smallest absolute Gasteiger partial charge is 0.0480 e. The van der Waals surface area contributed by atoms with Crippen molar-refractivity contribution in [2.75, 3.05) is 11.6 Å². The molecule has 78 valence electrons. The van der Waals surface area contributed by atoms with Gasteiger partial charge in [0.1, 0.15) is 0 Å². The first-order valence-corrected chi connectivity index (χ1v) is 6.40. The van der Waals surface area contributed by atoms with E-state index in [0.29, 0.717) is 6.04 Å². The Balaban J connectivity index is 2.65. The van der Waals surface area contributed by atoms with Gasteiger partial charge in [-0.2, -0.15) is 0 Å². The molecular formula is C12H19NS. The summed E-state index contributed by atoms with van der Waals surface area (Å²) in [5.41, 5.74) is 1.26. The van der Waals surface area contributed by atoms with E-state index in [1.165, 1.54) is 23.4 Å². The number of para-hydroxylation sites is 1. The molecule has 1 N–H and O–H groups in total. The number of thioether (sulfide) groups is 1. The first-order valence-electron chi connectivity index (χ1n) is 5.17. The molecule has 1 atom stereocenters. The van der Waals surface area contributed by atoms with Crippen molar-refractivity contribution in [1.29, 1.82) is 0 Å². The van der Waals surface area contributed by atoms with E-state index in [-0.39, 0.29) is 0 Å². The molecule has 1 nitrogen and oxygen atoms in total. The first-order chi connectivity index (χ1) is 6.77. The number of hydrogen-bond donors (Lipinski definition) is 1. The Hall–Kier alpha value is -0.630. The third kappa shape index (κ3) is 3.26. The Morgan fingerprint density at radius 1 is 1.36 bits per heavy atom. The van der Waals surface area contributed by atoms with Crippen LogP contribution in [0.3, 0.4) is 0 Å². The summed E-state index contributed by atoms with van der Waals surface area (Å²) in [6.07, 6.45) is 4.57. The van der Waals surface area contributed by atoms with E-state index < -0.39 is 0 Å². The van der Waals surface area contributed by atoms with Crippen LogP contribution in [0, 0.1) is 0 Å². The van der Waals surface area contributed by atoms with Crippen molar-refractivity contribution < 1.29 is 0 Å². The van der Waals surface area contributed by atoms with E-state index in [1.807, 2.05) is 0 Å². The predicted molar refractivity (Wildman–Crippen MR) is 66.2 cm³/mol. The summed E-state index contributed by atoms with van der Waals surface area (Å²) in [5.74, 6) is 0. The number of anilines is 1. The molecule has 1 aromatic rings. The monoisotopic (exact) mass is 209 g/mol. The molecular weight excluding hydrogens is 190 g/mol. The molecule has 0 aliphatic rings. The van der Waals surface area contributed by atoms with Gasteiger partial charge in [-0.15, -0.1) is 11.8 Å². The number of rotatable bonds is 5. The first kappa shape index (κ1) is 11.4. The van der Waals surface area contributed by atoms with Crippen LogP contribution in [-0.4, -0.2) is 12.3 Å². The highest BCUT2D eigenvalue weighted by atomic mass is 32.2. The molecule has 0 radical (unpaired) electrons. The lowest BCUT2D eigenvalue weighted by Crippen LogP contribution is -2.14. The Morgan fingerprint density at radius 2 is 2.07 bits per heavy atom. The molecule has 0 aliphatic carbocycles. The molecule has 0 fully saturated rings. The highest BCUT2D eigenvalue weighted by molar-refractivity contribution is 7.98. The van der Waals surface area contributed by atoms with Crippen molar-refractivity contribution in [3.05, 3.63) is 24.3 Å². The number of nitrogens with one attached hydrogen (secondary N) is 1. The number of hydrogen-bond acceptors (Lipinski definition) is 2. The maximum Gasteiger partial charge on any atom is 0.0480 e. The largest absolute Gasteiger partial charge is 0.382 e. The minimum absolute atomic E-state index is 0.563. The van der Waals surface area contributed by atoms with Crippen LogP contribution in [-0.2, 0) is 0 Å². The minimum Gasteiger partial charge on any atom is -0.382 e. The zero-order chi connectivity index (χ0) is 10.4. The predicted octanol–water partition coefficient (Wildman–Crippen LogP) is 4.01. The molecule has 0 bridgehead atoms. The van der Waals surface area contributed by atoms with Crippen LogP contribution in [0.1, 0.15) is 26.7 Å². The van der Waals surface area contributed by atoms with Gasteiger partial charge >= 0.3 is 0 Å². The van der Waals surface area contributed by atoms with Gasteiger partial charge in [0.25, 0.3) is 0 Å². The molecule has 1 aromatic carbocycles. The van der Waals surface area contributed by atoms with Crippen molar-refractivity contribution in [2.24, 2.45) is 0 Å². The third-order valence-electron chi connectivity index (χ3n) is 2.23. The van der Waals surface area contributed by atoms with Crippen molar-refractivity contribution in [3.8, 4) is 0 Å². The van der Waals surface area contributed by atoms with Gasteiger partial charge < -0.3 is 5.32 Å². The van der Waals surface area contributed by atoms with Gasteiger partial charge in [0, 0.05) is 16.6 Å². The molecule has 14 heavy (non-hydrogen) atoms. The second-order valence-electron chi connectivity index (χ2n) is 3.53. The second kappa shape index (κ2) is 5.97. The van der Waals surface area contributed by atoms with E-state index in [2.05, 4.69) is 49.7 Å². The molecule has 0 aliphatic heterocycles. The molecule has 0 amide bonds. The van der Waals surface area contributed by atoms with E-state index in [9.17, 15) is 0 Å².